The van der Waals surface area contributed by atoms with E-state index in [1.807, 2.05) is 0 Å². The summed E-state index contributed by atoms with van der Waals surface area (Å²) >= 11 is 5.14. The highest BCUT2D eigenvalue weighted by Gasteiger charge is 1.73. The van der Waals surface area contributed by atoms with Crippen LogP contribution < -0.4 is 0 Å². The Morgan fingerprint density at radius 3 is 2.00 bits per heavy atom. The Morgan fingerprint density at radius 2 is 2.00 bits per heavy atom. The minimum atomic E-state index is -0.000000000000000222. The quantitative estimate of drug-likeness (QED) is 0.318. The Morgan fingerprint density at radius 1 is 2.00 bits per heavy atom. The highest BCUT2D eigenvalue weighted by Crippen LogP contribution is 1.99. The molecule has 0 N–H and O–H groups in total. The first-order chi connectivity index (χ1) is 1.73. The molecule has 1 unspecified atom stereocenters. The van der Waals surface area contributed by atoms with Crippen LogP contribution >= 0.6 is 20.8 Å². The molecule has 0 bridgehead atoms. The smallest absolute Gasteiger partial charge is 0.0592 e. The van der Waals surface area contributed by atoms with Gasteiger partial charge in [0.25, 0.3) is 0 Å². The first-order valence-corrected chi connectivity index (χ1v) is 2.01. The third-order valence-corrected chi connectivity index (χ3v) is 0. The van der Waals surface area contributed by atoms with Gasteiger partial charge < -0.3 is 0 Å². The molecule has 2 heteroatoms. The molecule has 2 radical (unpaired) electrons. The number of alkyl halides is 1. The Bertz CT molecular complexity index is 10.8. The summed E-state index contributed by atoms with van der Waals surface area (Å²) in [7, 11) is 3.73. The zero-order chi connectivity index (χ0) is 3.58. The molecule has 4 heavy (non-hydrogen) atoms. The lowest BCUT2D eigenvalue weighted by Crippen LogP contribution is -1.61. The van der Waals surface area contributed by atoms with Gasteiger partial charge in [0, 0.05) is 0 Å². The van der Waals surface area contributed by atoms with Crippen molar-refractivity contribution in [1.29, 1.82) is 0 Å². The average molecular weight is 94.5 g/mol. The Balaban J connectivity index is 2.32. The van der Waals surface area contributed by atoms with Gasteiger partial charge in [-0.1, -0.05) is 0 Å². The van der Waals surface area contributed by atoms with Gasteiger partial charge in [-0.15, -0.1) is 11.6 Å². The second kappa shape index (κ2) is 1.99. The van der Waals surface area contributed by atoms with Crippen molar-refractivity contribution in [3.05, 3.63) is 0 Å². The van der Waals surface area contributed by atoms with Crippen molar-refractivity contribution in [2.75, 3.05) is 0 Å². The van der Waals surface area contributed by atoms with E-state index in [9.17, 15) is 0 Å². The largest absolute Gasteiger partial charge is 0.117 e. The van der Waals surface area contributed by atoms with Crippen LogP contribution in [0.15, 0.2) is 0 Å². The summed E-state index contributed by atoms with van der Waals surface area (Å²) in [5.41, 5.74) is 0. The van der Waals surface area contributed by atoms with Crippen LogP contribution in [-0.4, -0.2) is 5.12 Å². The monoisotopic (exact) mass is 94.0 g/mol. The molecule has 0 rings (SSSR count). The second-order valence-corrected chi connectivity index (χ2v) is 2.31. The maximum atomic E-state index is 5.14. The van der Waals surface area contributed by atoms with E-state index in [0.717, 1.165) is 0 Å². The lowest BCUT2D eigenvalue weighted by Gasteiger charge is -1.73. The Kier molecular flexibility index (Phi) is 2.35. The van der Waals surface area contributed by atoms with Gasteiger partial charge in [-0.3, -0.25) is 0 Å². The van der Waals surface area contributed by atoms with E-state index in [2.05, 4.69) is 9.24 Å². The van der Waals surface area contributed by atoms with Crippen molar-refractivity contribution in [2.45, 2.75) is 12.0 Å². The summed E-state index contributed by atoms with van der Waals surface area (Å²) in [6, 6.07) is 0. The van der Waals surface area contributed by atoms with Crippen LogP contribution in [0.1, 0.15) is 6.92 Å². The van der Waals surface area contributed by atoms with Crippen LogP contribution in [0, 0.1) is 0 Å². The normalized spacial score (nSPS) is 15.8. The maximum absolute atomic E-state index is 5.14. The number of halogens is 1. The van der Waals surface area contributed by atoms with Crippen LogP contribution in [0.4, 0.5) is 0 Å². The van der Waals surface area contributed by atoms with Crippen LogP contribution in [-0.2, 0) is 0 Å². The predicted octanol–water partition coefficient (Wildman–Crippen LogP) is 1.98. The SMILES string of the molecule is CC([P])Cl. The molecule has 0 aromatic rings. The molecule has 0 nitrogen and oxygen atoms in total. The molecule has 0 saturated heterocycles. The van der Waals surface area contributed by atoms with E-state index in [4.69, 9.17) is 11.6 Å². The number of rotatable bonds is 0. The lowest BCUT2D eigenvalue weighted by molar-refractivity contribution is 1.41. The summed E-state index contributed by atoms with van der Waals surface area (Å²) < 4.78 is 0. The number of hydrogen-bond donors (Lipinski definition) is 0. The molecule has 1 atom stereocenters. The van der Waals surface area contributed by atoms with Gasteiger partial charge in [-0.05, 0) is 16.2 Å². The Hall–Kier alpha value is 0.720. The third kappa shape index (κ3) is 15.5. The fourth-order valence-electron chi connectivity index (χ4n) is 0. The van der Waals surface area contributed by atoms with E-state index in [-0.39, 0.29) is 5.12 Å². The lowest BCUT2D eigenvalue weighted by atomic mass is 11.0. The summed E-state index contributed by atoms with van der Waals surface area (Å²) in [5, 5.41) is -0.000000000000000222. The number of hydrogen-bond acceptors (Lipinski definition) is 0. The van der Waals surface area contributed by atoms with Crippen LogP contribution in [0.5, 0.6) is 0 Å². The molecule has 0 fully saturated rings. The molecule has 24 valence electrons. The average Bonchev–Trinajstić information content (AvgIpc) is 0.811. The fraction of sp³-hybridized carbons (Fsp3) is 1.00. The molecular formula is C2H4ClP. The van der Waals surface area contributed by atoms with Crippen molar-refractivity contribution in [3.8, 4) is 0 Å². The molecule has 0 amide bonds. The molecule has 0 aliphatic rings. The van der Waals surface area contributed by atoms with Gasteiger partial charge >= 0.3 is 0 Å². The van der Waals surface area contributed by atoms with E-state index in [1.165, 1.54) is 0 Å². The van der Waals surface area contributed by atoms with Crippen molar-refractivity contribution < 1.29 is 0 Å². The van der Waals surface area contributed by atoms with E-state index in [1.54, 1.807) is 6.92 Å². The molecule has 0 saturated carbocycles. The maximum Gasteiger partial charge on any atom is 0.0592 e. The molecule has 0 aliphatic heterocycles. The van der Waals surface area contributed by atoms with Crippen molar-refractivity contribution in [3.63, 3.8) is 0 Å². The van der Waals surface area contributed by atoms with Crippen LogP contribution in [0.2, 0.25) is 0 Å². The molecular weight excluding hydrogens is 90.4 g/mol. The van der Waals surface area contributed by atoms with Gasteiger partial charge in [0.2, 0.25) is 0 Å². The van der Waals surface area contributed by atoms with Gasteiger partial charge in [-0.25, -0.2) is 0 Å². The topological polar surface area (TPSA) is 0 Å². The van der Waals surface area contributed by atoms with E-state index >= 15 is 0 Å². The Labute approximate surface area is 33.7 Å². The highest BCUT2D eigenvalue weighted by molar-refractivity contribution is 7.20. The van der Waals surface area contributed by atoms with Crippen LogP contribution in [0.25, 0.3) is 0 Å². The minimum absolute atomic E-state index is 0.000000000000000222. The summed E-state index contributed by atoms with van der Waals surface area (Å²) in [4.78, 5) is 0. The molecule has 0 spiro atoms. The third-order valence-electron chi connectivity index (χ3n) is 0. The summed E-state index contributed by atoms with van der Waals surface area (Å²) in [6.07, 6.45) is 0. The van der Waals surface area contributed by atoms with Gasteiger partial charge in [-0.2, -0.15) is 0 Å². The van der Waals surface area contributed by atoms with Crippen LogP contribution in [0.3, 0.4) is 0 Å². The zero-order valence-electron chi connectivity index (χ0n) is 2.40. The van der Waals surface area contributed by atoms with Crippen molar-refractivity contribution >= 4 is 20.8 Å². The first-order valence-electron chi connectivity index (χ1n) is 1.05. The fourth-order valence-corrected chi connectivity index (χ4v) is 0. The van der Waals surface area contributed by atoms with Gasteiger partial charge in [0.05, 0.1) is 5.12 Å². The molecule has 0 heterocycles. The van der Waals surface area contributed by atoms with E-state index < -0.39 is 0 Å². The summed E-state index contributed by atoms with van der Waals surface area (Å²) in [5.74, 6) is 0. The first kappa shape index (κ1) is 4.72. The molecule has 0 aromatic heterocycles. The van der Waals surface area contributed by atoms with E-state index in [0.29, 0.717) is 0 Å². The second-order valence-electron chi connectivity index (χ2n) is 0.574. The molecule has 0 aliphatic carbocycles. The summed E-state index contributed by atoms with van der Waals surface area (Å²) in [6.45, 7) is 1.80. The van der Waals surface area contributed by atoms with Gasteiger partial charge in [0.15, 0.2) is 0 Å². The van der Waals surface area contributed by atoms with Crippen molar-refractivity contribution in [1.82, 2.24) is 0 Å². The highest BCUT2D eigenvalue weighted by atomic mass is 35.5. The minimum Gasteiger partial charge on any atom is -0.117 e. The standard InChI is InChI=1S/C2H4ClP/c1-2(3)4/h2H,1H3. The zero-order valence-corrected chi connectivity index (χ0v) is 4.05. The molecule has 0 aromatic carbocycles. The predicted molar refractivity (Wildman–Crippen MR) is 22.2 cm³/mol. The van der Waals surface area contributed by atoms with Gasteiger partial charge in [0.1, 0.15) is 0 Å². The van der Waals surface area contributed by atoms with Crippen molar-refractivity contribution in [2.24, 2.45) is 0 Å².